The quantitative estimate of drug-likeness (QED) is 0.739. The van der Waals surface area contributed by atoms with Gasteiger partial charge in [-0.15, -0.1) is 0 Å². The molecule has 1 rings (SSSR count). The third kappa shape index (κ3) is 3.65. The summed E-state index contributed by atoms with van der Waals surface area (Å²) in [6.45, 7) is 7.90. The fraction of sp³-hybridized carbons (Fsp3) is 0.909. The molecule has 0 saturated carbocycles. The van der Waals surface area contributed by atoms with Crippen molar-refractivity contribution in [3.05, 3.63) is 0 Å². The van der Waals surface area contributed by atoms with Gasteiger partial charge in [0.1, 0.15) is 0 Å². The Bertz CT molecular complexity index is 217. The molecule has 1 aliphatic heterocycles. The van der Waals surface area contributed by atoms with Crippen molar-refractivity contribution in [3.63, 3.8) is 0 Å². The third-order valence-electron chi connectivity index (χ3n) is 2.90. The average Bonchev–Trinajstić information content (AvgIpc) is 2.12. The Morgan fingerprint density at radius 3 is 2.86 bits per heavy atom. The number of nitriles is 1. The van der Waals surface area contributed by atoms with Gasteiger partial charge in [0.25, 0.3) is 0 Å². The molecule has 2 N–H and O–H groups in total. The van der Waals surface area contributed by atoms with E-state index in [2.05, 4.69) is 24.8 Å². The van der Waals surface area contributed by atoms with Crippen molar-refractivity contribution >= 4 is 0 Å². The number of rotatable bonds is 3. The first-order chi connectivity index (χ1) is 6.53. The fourth-order valence-electron chi connectivity index (χ4n) is 2.12. The Morgan fingerprint density at radius 2 is 2.29 bits per heavy atom. The standard InChI is InChI=1S/C11H21N3/c1-11(2)5-3-6-14(9-11)7-4-10(13)8-12/h10H,3-7,9,13H2,1-2H3. The van der Waals surface area contributed by atoms with E-state index >= 15 is 0 Å². The number of hydrogen-bond donors (Lipinski definition) is 1. The molecule has 1 aliphatic rings. The van der Waals surface area contributed by atoms with Gasteiger partial charge < -0.3 is 10.6 Å². The lowest BCUT2D eigenvalue weighted by molar-refractivity contribution is 0.116. The van der Waals surface area contributed by atoms with Crippen molar-refractivity contribution in [1.29, 1.82) is 5.26 Å². The molecule has 1 atom stereocenters. The van der Waals surface area contributed by atoms with Crippen LogP contribution in [0.25, 0.3) is 0 Å². The zero-order chi connectivity index (χ0) is 10.6. The van der Waals surface area contributed by atoms with Crippen LogP contribution in [-0.2, 0) is 0 Å². The molecule has 0 aromatic carbocycles. The normalized spacial score (nSPS) is 24.1. The second-order valence-corrected chi connectivity index (χ2v) is 5.07. The maximum Gasteiger partial charge on any atom is 0.0940 e. The molecule has 0 aromatic rings. The van der Waals surface area contributed by atoms with Crippen LogP contribution in [0.4, 0.5) is 0 Å². The molecule has 1 fully saturated rings. The highest BCUT2D eigenvalue weighted by molar-refractivity contribution is 4.88. The highest BCUT2D eigenvalue weighted by Gasteiger charge is 2.25. The molecule has 0 bridgehead atoms. The monoisotopic (exact) mass is 195 g/mol. The van der Waals surface area contributed by atoms with Crippen LogP contribution in [0.1, 0.15) is 33.1 Å². The lowest BCUT2D eigenvalue weighted by atomic mass is 9.84. The zero-order valence-corrected chi connectivity index (χ0v) is 9.29. The topological polar surface area (TPSA) is 53.0 Å². The number of likely N-dealkylation sites (tertiary alicyclic amines) is 1. The van der Waals surface area contributed by atoms with E-state index in [1.807, 2.05) is 0 Å². The first kappa shape index (κ1) is 11.5. The van der Waals surface area contributed by atoms with E-state index in [1.165, 1.54) is 19.4 Å². The number of nitrogens with zero attached hydrogens (tertiary/aromatic N) is 2. The number of piperidine rings is 1. The van der Waals surface area contributed by atoms with Gasteiger partial charge >= 0.3 is 0 Å². The maximum atomic E-state index is 8.57. The molecule has 3 heteroatoms. The SMILES string of the molecule is CC1(C)CCCN(CCC(N)C#N)C1. The lowest BCUT2D eigenvalue weighted by Crippen LogP contribution is -2.41. The molecule has 3 nitrogen and oxygen atoms in total. The van der Waals surface area contributed by atoms with Gasteiger partial charge in [-0.25, -0.2) is 0 Å². The molecular weight excluding hydrogens is 174 g/mol. The van der Waals surface area contributed by atoms with E-state index in [9.17, 15) is 0 Å². The van der Waals surface area contributed by atoms with Crippen molar-refractivity contribution in [3.8, 4) is 6.07 Å². The van der Waals surface area contributed by atoms with Crippen molar-refractivity contribution in [2.75, 3.05) is 19.6 Å². The van der Waals surface area contributed by atoms with Crippen LogP contribution in [0.5, 0.6) is 0 Å². The van der Waals surface area contributed by atoms with Gasteiger partial charge in [-0.3, -0.25) is 0 Å². The summed E-state index contributed by atoms with van der Waals surface area (Å²) in [4.78, 5) is 2.43. The molecule has 80 valence electrons. The molecule has 0 spiro atoms. The van der Waals surface area contributed by atoms with E-state index < -0.39 is 0 Å². The molecule has 1 saturated heterocycles. The van der Waals surface area contributed by atoms with E-state index in [0.29, 0.717) is 5.41 Å². The Balaban J connectivity index is 2.28. The lowest BCUT2D eigenvalue weighted by Gasteiger charge is -2.38. The second-order valence-electron chi connectivity index (χ2n) is 5.07. The van der Waals surface area contributed by atoms with Gasteiger partial charge in [0, 0.05) is 13.1 Å². The molecule has 1 heterocycles. The Morgan fingerprint density at radius 1 is 1.57 bits per heavy atom. The van der Waals surface area contributed by atoms with Crippen LogP contribution in [-0.4, -0.2) is 30.6 Å². The summed E-state index contributed by atoms with van der Waals surface area (Å²) < 4.78 is 0. The number of hydrogen-bond acceptors (Lipinski definition) is 3. The van der Waals surface area contributed by atoms with E-state index in [1.54, 1.807) is 0 Å². The molecule has 0 radical (unpaired) electrons. The van der Waals surface area contributed by atoms with Gasteiger partial charge in [-0.2, -0.15) is 5.26 Å². The average molecular weight is 195 g/mol. The molecule has 1 unspecified atom stereocenters. The second kappa shape index (κ2) is 4.77. The summed E-state index contributed by atoms with van der Waals surface area (Å²) in [7, 11) is 0. The fourth-order valence-corrected chi connectivity index (χ4v) is 2.12. The van der Waals surface area contributed by atoms with Crippen LogP contribution in [0, 0.1) is 16.7 Å². The van der Waals surface area contributed by atoms with E-state index in [-0.39, 0.29) is 6.04 Å². The van der Waals surface area contributed by atoms with Crippen molar-refractivity contribution in [2.24, 2.45) is 11.1 Å². The molecule has 0 aliphatic carbocycles. The summed E-state index contributed by atoms with van der Waals surface area (Å²) in [5.74, 6) is 0. The summed E-state index contributed by atoms with van der Waals surface area (Å²) in [5, 5.41) is 8.57. The van der Waals surface area contributed by atoms with Crippen molar-refractivity contribution < 1.29 is 0 Å². The summed E-state index contributed by atoms with van der Waals surface area (Å²) in [6.07, 6.45) is 3.38. The minimum absolute atomic E-state index is 0.292. The smallest absolute Gasteiger partial charge is 0.0940 e. The van der Waals surface area contributed by atoms with Crippen LogP contribution < -0.4 is 5.73 Å². The molecule has 0 amide bonds. The first-order valence-corrected chi connectivity index (χ1v) is 5.41. The first-order valence-electron chi connectivity index (χ1n) is 5.41. The van der Waals surface area contributed by atoms with Gasteiger partial charge in [0.15, 0.2) is 0 Å². The van der Waals surface area contributed by atoms with Crippen LogP contribution in [0.3, 0.4) is 0 Å². The molecular formula is C11H21N3. The maximum absolute atomic E-state index is 8.57. The third-order valence-corrected chi connectivity index (χ3v) is 2.90. The van der Waals surface area contributed by atoms with Gasteiger partial charge in [-0.05, 0) is 31.2 Å². The summed E-state index contributed by atoms with van der Waals surface area (Å²) >= 11 is 0. The Hall–Kier alpha value is -0.590. The van der Waals surface area contributed by atoms with Crippen molar-refractivity contribution in [1.82, 2.24) is 4.90 Å². The van der Waals surface area contributed by atoms with Gasteiger partial charge in [0.05, 0.1) is 12.1 Å². The van der Waals surface area contributed by atoms with Crippen LogP contribution in [0.2, 0.25) is 0 Å². The molecule has 14 heavy (non-hydrogen) atoms. The van der Waals surface area contributed by atoms with Crippen LogP contribution >= 0.6 is 0 Å². The van der Waals surface area contributed by atoms with E-state index in [4.69, 9.17) is 11.0 Å². The molecule has 0 aromatic heterocycles. The summed E-state index contributed by atoms with van der Waals surface area (Å²) in [5.41, 5.74) is 6.01. The zero-order valence-electron chi connectivity index (χ0n) is 9.29. The minimum Gasteiger partial charge on any atom is -0.316 e. The predicted molar refractivity (Wildman–Crippen MR) is 57.7 cm³/mol. The number of nitrogens with two attached hydrogens (primary N) is 1. The van der Waals surface area contributed by atoms with Crippen molar-refractivity contribution in [2.45, 2.75) is 39.2 Å². The minimum atomic E-state index is -0.292. The Labute approximate surface area is 86.9 Å². The highest BCUT2D eigenvalue weighted by atomic mass is 15.1. The predicted octanol–water partition coefficient (Wildman–Crippen LogP) is 1.35. The largest absolute Gasteiger partial charge is 0.316 e. The summed E-state index contributed by atoms with van der Waals surface area (Å²) in [6, 6.07) is 1.78. The van der Waals surface area contributed by atoms with Crippen LogP contribution in [0.15, 0.2) is 0 Å². The van der Waals surface area contributed by atoms with Gasteiger partial charge in [-0.1, -0.05) is 13.8 Å². The highest BCUT2D eigenvalue weighted by Crippen LogP contribution is 2.28. The van der Waals surface area contributed by atoms with Gasteiger partial charge in [0.2, 0.25) is 0 Å². The van der Waals surface area contributed by atoms with E-state index in [0.717, 1.165) is 19.5 Å². The Kier molecular flexibility index (Phi) is 3.91.